The number of benzene rings is 1. The highest BCUT2D eigenvalue weighted by Gasteiger charge is 2.15. The zero-order valence-electron chi connectivity index (χ0n) is 8.03. The van der Waals surface area contributed by atoms with Crippen LogP contribution in [0.1, 0.15) is 0 Å². The molecule has 1 radical (unpaired) electrons. The van der Waals surface area contributed by atoms with Crippen molar-refractivity contribution in [3.8, 4) is 0 Å². The van der Waals surface area contributed by atoms with Crippen LogP contribution in [0.3, 0.4) is 0 Å². The maximum Gasteiger partial charge on any atom is 0.294 e. The Hall–Kier alpha value is -0.960. The quantitative estimate of drug-likeness (QED) is 0.779. The van der Waals surface area contributed by atoms with Crippen molar-refractivity contribution in [3.05, 3.63) is 24.3 Å². The van der Waals surface area contributed by atoms with Crippen LogP contribution in [0, 0.1) is 0 Å². The zero-order valence-corrected chi connectivity index (χ0v) is 9.66. The summed E-state index contributed by atoms with van der Waals surface area (Å²) in [5.41, 5.74) is 0. The van der Waals surface area contributed by atoms with E-state index in [0.717, 1.165) is 24.3 Å². The van der Waals surface area contributed by atoms with E-state index in [-0.39, 0.29) is 4.90 Å². The lowest BCUT2D eigenvalue weighted by Gasteiger charge is -2.02. The van der Waals surface area contributed by atoms with E-state index in [1.54, 1.807) is 0 Å². The molecule has 0 aliphatic rings. The lowest BCUT2D eigenvalue weighted by molar-refractivity contribution is 0.213. The molecule has 0 aliphatic heterocycles. The third-order valence-electron chi connectivity index (χ3n) is 1.83. The Morgan fingerprint density at radius 3 is 1.75 bits per heavy atom. The van der Waals surface area contributed by atoms with Gasteiger partial charge in [-0.1, -0.05) is 0 Å². The molecule has 0 saturated heterocycles. The van der Waals surface area contributed by atoms with Crippen molar-refractivity contribution in [3.63, 3.8) is 0 Å². The van der Waals surface area contributed by atoms with Crippen molar-refractivity contribution < 1.29 is 26.5 Å². The van der Waals surface area contributed by atoms with E-state index in [2.05, 4.69) is 0 Å². The third kappa shape index (κ3) is 3.01. The van der Waals surface area contributed by atoms with Crippen LogP contribution in [0.2, 0.25) is 0 Å². The molecule has 0 spiro atoms. The van der Waals surface area contributed by atoms with E-state index in [9.17, 15) is 21.9 Å². The van der Waals surface area contributed by atoms with Crippen LogP contribution in [0.25, 0.3) is 0 Å². The second-order valence-electron chi connectivity index (χ2n) is 2.97. The first-order valence-corrected chi connectivity index (χ1v) is 7.25. The second kappa shape index (κ2) is 4.50. The second-order valence-corrected chi connectivity index (χ2v) is 6.50. The van der Waals surface area contributed by atoms with Crippen LogP contribution in [0.4, 0.5) is 0 Å². The lowest BCUT2D eigenvalue weighted by Crippen LogP contribution is -2.09. The molecule has 0 atom stereocenters. The molecule has 1 aromatic rings. The highest BCUT2D eigenvalue weighted by molar-refractivity contribution is 7.91. The Kier molecular flexibility index (Phi) is 3.68. The lowest BCUT2D eigenvalue weighted by atomic mass is 10.4. The molecule has 0 bridgehead atoms. The summed E-state index contributed by atoms with van der Waals surface area (Å²) in [7, 11) is -8.00. The van der Waals surface area contributed by atoms with E-state index < -0.39 is 37.2 Å². The fraction of sp³-hybridized carbons (Fsp3) is 0.250. The van der Waals surface area contributed by atoms with Crippen molar-refractivity contribution in [2.24, 2.45) is 0 Å². The molecule has 0 aromatic heterocycles. The van der Waals surface area contributed by atoms with Gasteiger partial charge in [-0.05, 0) is 24.3 Å². The zero-order chi connectivity index (χ0) is 12.4. The number of hydrogen-bond donors (Lipinski definition) is 1. The van der Waals surface area contributed by atoms with Crippen LogP contribution < -0.4 is 0 Å². The fourth-order valence-electron chi connectivity index (χ4n) is 1.05. The van der Waals surface area contributed by atoms with Gasteiger partial charge in [0.05, 0.1) is 22.2 Å². The first-order chi connectivity index (χ1) is 7.27. The van der Waals surface area contributed by atoms with Crippen molar-refractivity contribution >= 4 is 20.0 Å². The van der Waals surface area contributed by atoms with Crippen molar-refractivity contribution in [2.75, 3.05) is 12.4 Å². The predicted octanol–water partition coefficient (Wildman–Crippen LogP) is 0.138. The van der Waals surface area contributed by atoms with E-state index in [1.807, 2.05) is 0 Å². The molecule has 8 heteroatoms. The third-order valence-corrected chi connectivity index (χ3v) is 4.40. The van der Waals surface area contributed by atoms with Gasteiger partial charge < -0.3 is 0 Å². The summed E-state index contributed by atoms with van der Waals surface area (Å²) in [6.45, 7) is -0.762. The number of sulfone groups is 1. The molecule has 0 saturated carbocycles. The molecular formula is C8H9O6S2. The molecule has 6 nitrogen and oxygen atoms in total. The Morgan fingerprint density at radius 1 is 0.938 bits per heavy atom. The standard InChI is InChI=1S/C8H9O6S2/c9-5-6-15(10,11)7-1-3-8(4-2-7)16(12,13)14/h1-4H,5-6H2,(H,12,13,14). The predicted molar refractivity (Wildman–Crippen MR) is 53.9 cm³/mol. The average molecular weight is 265 g/mol. The smallest absolute Gasteiger partial charge is 0.282 e. The number of rotatable bonds is 4. The molecule has 1 rings (SSSR count). The molecule has 0 amide bonds. The van der Waals surface area contributed by atoms with Crippen molar-refractivity contribution in [1.29, 1.82) is 0 Å². The molecule has 89 valence electrons. The SMILES string of the molecule is [O]CCS(=O)(=O)c1ccc(S(=O)(=O)O)cc1. The van der Waals surface area contributed by atoms with Gasteiger partial charge in [0, 0.05) is 0 Å². The van der Waals surface area contributed by atoms with Gasteiger partial charge in [0.1, 0.15) is 0 Å². The monoisotopic (exact) mass is 265 g/mol. The first kappa shape index (κ1) is 13.1. The van der Waals surface area contributed by atoms with Crippen LogP contribution in [0.15, 0.2) is 34.1 Å². The molecule has 1 N–H and O–H groups in total. The topological polar surface area (TPSA) is 108 Å². The summed E-state index contributed by atoms with van der Waals surface area (Å²) in [5, 5.41) is 10.2. The summed E-state index contributed by atoms with van der Waals surface area (Å²) in [4.78, 5) is -0.538. The van der Waals surface area contributed by atoms with E-state index >= 15 is 0 Å². The van der Waals surface area contributed by atoms with Crippen LogP contribution >= 0.6 is 0 Å². The van der Waals surface area contributed by atoms with Crippen LogP contribution in [-0.2, 0) is 25.1 Å². The molecule has 16 heavy (non-hydrogen) atoms. The highest BCUT2D eigenvalue weighted by atomic mass is 32.2. The minimum Gasteiger partial charge on any atom is -0.282 e. The summed E-state index contributed by atoms with van der Waals surface area (Å²) in [5.74, 6) is -0.543. The minimum absolute atomic E-state index is 0.143. The van der Waals surface area contributed by atoms with E-state index in [4.69, 9.17) is 4.55 Å². The summed E-state index contributed by atoms with van der Waals surface area (Å²) in [6, 6.07) is 4.00. The van der Waals surface area contributed by atoms with Gasteiger partial charge in [-0.25, -0.2) is 13.5 Å². The van der Waals surface area contributed by atoms with Crippen molar-refractivity contribution in [2.45, 2.75) is 9.79 Å². The molecule has 0 aliphatic carbocycles. The molecular weight excluding hydrogens is 256 g/mol. The van der Waals surface area contributed by atoms with Gasteiger partial charge >= 0.3 is 0 Å². The Bertz CT molecular complexity index is 555. The largest absolute Gasteiger partial charge is 0.294 e. The van der Waals surface area contributed by atoms with Crippen LogP contribution in [0.5, 0.6) is 0 Å². The minimum atomic E-state index is -4.33. The summed E-state index contributed by atoms with van der Waals surface area (Å²) < 4.78 is 52.8. The van der Waals surface area contributed by atoms with Gasteiger partial charge in [0.25, 0.3) is 10.1 Å². The van der Waals surface area contributed by atoms with Gasteiger partial charge in [-0.2, -0.15) is 8.42 Å². The van der Waals surface area contributed by atoms with Gasteiger partial charge in [-0.15, -0.1) is 0 Å². The van der Waals surface area contributed by atoms with Crippen LogP contribution in [-0.4, -0.2) is 33.7 Å². The Morgan fingerprint density at radius 2 is 1.38 bits per heavy atom. The summed E-state index contributed by atoms with van der Waals surface area (Å²) in [6.07, 6.45) is 0. The maximum absolute atomic E-state index is 11.4. The van der Waals surface area contributed by atoms with Crippen molar-refractivity contribution in [1.82, 2.24) is 0 Å². The fourth-order valence-corrected chi connectivity index (χ4v) is 2.53. The van der Waals surface area contributed by atoms with Gasteiger partial charge in [-0.3, -0.25) is 4.55 Å². The molecule has 0 unspecified atom stereocenters. The van der Waals surface area contributed by atoms with Gasteiger partial charge in [0.2, 0.25) is 0 Å². The Balaban J connectivity index is 3.15. The highest BCUT2D eigenvalue weighted by Crippen LogP contribution is 2.15. The van der Waals surface area contributed by atoms with E-state index in [0.29, 0.717) is 0 Å². The average Bonchev–Trinajstić information content (AvgIpc) is 2.16. The van der Waals surface area contributed by atoms with E-state index in [1.165, 1.54) is 0 Å². The van der Waals surface area contributed by atoms with Gasteiger partial charge in [0.15, 0.2) is 9.84 Å². The first-order valence-electron chi connectivity index (χ1n) is 4.16. The summed E-state index contributed by atoms with van der Waals surface area (Å²) >= 11 is 0. The normalized spacial score (nSPS) is 12.6. The molecule has 0 heterocycles. The molecule has 0 fully saturated rings. The Labute approximate surface area is 93.2 Å². The number of hydrogen-bond acceptors (Lipinski definition) is 4. The maximum atomic E-state index is 11.4. The molecule has 1 aromatic carbocycles.